The lowest BCUT2D eigenvalue weighted by Gasteiger charge is -2.39. The van der Waals surface area contributed by atoms with Gasteiger partial charge in [0, 0.05) is 24.2 Å². The molecule has 37 heavy (non-hydrogen) atoms. The standard InChI is InChI=1S/C28H41N3O5S/c1-20(2)31-26-12-8-7-11-21(26)17-25(28(31)33)27(32)29-22-18-23-13-14-24(19-22)30(23)15-9-5-3-4-6-10-16-37(34,35)36/h7-8,11-12,17,20,22-24H,3-6,9-10,13-16,18-19H2,1-2H3,(H,29,32)(H,34,35,36)/t22?,23-,24+. The molecule has 0 radical (unpaired) electrons. The Balaban J connectivity index is 1.28. The van der Waals surface area contributed by atoms with Crippen LogP contribution in [0, 0.1) is 0 Å². The summed E-state index contributed by atoms with van der Waals surface area (Å²) in [5.74, 6) is -0.409. The van der Waals surface area contributed by atoms with Crippen LogP contribution < -0.4 is 10.9 Å². The second-order valence-corrected chi connectivity index (χ2v) is 12.6. The lowest BCUT2D eigenvalue weighted by atomic mass is 9.96. The molecule has 1 unspecified atom stereocenters. The maximum Gasteiger partial charge on any atom is 0.264 e. The number of pyridine rings is 1. The second-order valence-electron chi connectivity index (χ2n) is 11.1. The highest BCUT2D eigenvalue weighted by molar-refractivity contribution is 7.85. The van der Waals surface area contributed by atoms with Crippen molar-refractivity contribution in [2.24, 2.45) is 0 Å². The van der Waals surface area contributed by atoms with Crippen molar-refractivity contribution >= 4 is 26.9 Å². The van der Waals surface area contributed by atoms with Crippen LogP contribution in [0.25, 0.3) is 10.9 Å². The van der Waals surface area contributed by atoms with Gasteiger partial charge in [-0.3, -0.25) is 19.0 Å². The molecule has 0 saturated carbocycles. The highest BCUT2D eigenvalue weighted by Gasteiger charge is 2.40. The number of para-hydroxylation sites is 1. The summed E-state index contributed by atoms with van der Waals surface area (Å²) in [5.41, 5.74) is 0.840. The molecule has 1 aromatic carbocycles. The van der Waals surface area contributed by atoms with Gasteiger partial charge in [-0.2, -0.15) is 8.42 Å². The minimum atomic E-state index is -3.84. The molecule has 1 amide bonds. The zero-order valence-corrected chi connectivity index (χ0v) is 22.9. The van der Waals surface area contributed by atoms with Crippen molar-refractivity contribution in [2.45, 2.75) is 102 Å². The first-order chi connectivity index (χ1) is 17.6. The number of rotatable bonds is 12. The van der Waals surface area contributed by atoms with Crippen LogP contribution in [-0.4, -0.2) is 58.8 Å². The molecular formula is C28H41N3O5S. The number of piperidine rings is 1. The lowest BCUT2D eigenvalue weighted by Crippen LogP contribution is -2.51. The molecule has 4 rings (SSSR count). The summed E-state index contributed by atoms with van der Waals surface area (Å²) in [5, 5.41) is 4.09. The van der Waals surface area contributed by atoms with Crippen molar-refractivity contribution in [3.63, 3.8) is 0 Å². The van der Waals surface area contributed by atoms with Crippen molar-refractivity contribution in [1.82, 2.24) is 14.8 Å². The largest absolute Gasteiger partial charge is 0.349 e. The number of benzene rings is 1. The number of nitrogens with one attached hydrogen (secondary N) is 1. The highest BCUT2D eigenvalue weighted by Crippen LogP contribution is 2.36. The first-order valence-electron chi connectivity index (χ1n) is 13.8. The van der Waals surface area contributed by atoms with Gasteiger partial charge in [-0.15, -0.1) is 0 Å². The number of carbonyl (C=O) groups excluding carboxylic acids is 1. The normalized spacial score (nSPS) is 22.1. The van der Waals surface area contributed by atoms with Gasteiger partial charge in [0.1, 0.15) is 5.56 Å². The Morgan fingerprint density at radius 3 is 2.30 bits per heavy atom. The van der Waals surface area contributed by atoms with E-state index in [1.54, 1.807) is 10.6 Å². The van der Waals surface area contributed by atoms with Crippen LogP contribution in [0.4, 0.5) is 0 Å². The minimum absolute atomic E-state index is 0.0408. The van der Waals surface area contributed by atoms with Gasteiger partial charge in [-0.1, -0.05) is 43.9 Å². The molecule has 2 aromatic rings. The first-order valence-corrected chi connectivity index (χ1v) is 15.4. The number of unbranched alkanes of at least 4 members (excludes halogenated alkanes) is 5. The van der Waals surface area contributed by atoms with E-state index in [2.05, 4.69) is 10.2 Å². The average molecular weight is 532 g/mol. The van der Waals surface area contributed by atoms with Crippen LogP contribution in [0.1, 0.15) is 94.5 Å². The second kappa shape index (κ2) is 12.1. The van der Waals surface area contributed by atoms with Crippen molar-refractivity contribution < 1.29 is 17.8 Å². The Hall–Kier alpha value is -2.23. The summed E-state index contributed by atoms with van der Waals surface area (Å²) in [4.78, 5) is 29.1. The van der Waals surface area contributed by atoms with E-state index in [9.17, 15) is 18.0 Å². The smallest absolute Gasteiger partial charge is 0.264 e. The predicted octanol–water partition coefficient (Wildman–Crippen LogP) is 4.54. The topological polar surface area (TPSA) is 109 Å². The van der Waals surface area contributed by atoms with E-state index in [-0.39, 0.29) is 34.9 Å². The van der Waals surface area contributed by atoms with Crippen LogP contribution in [0.5, 0.6) is 0 Å². The van der Waals surface area contributed by atoms with Crippen molar-refractivity contribution in [3.05, 3.63) is 46.2 Å². The Labute approximate surface area is 220 Å². The fourth-order valence-corrected chi connectivity index (χ4v) is 6.84. The van der Waals surface area contributed by atoms with Gasteiger partial charge in [0.05, 0.1) is 11.3 Å². The molecule has 1 aromatic heterocycles. The number of amides is 1. The van der Waals surface area contributed by atoms with Gasteiger partial charge in [0.2, 0.25) is 0 Å². The van der Waals surface area contributed by atoms with E-state index < -0.39 is 10.1 Å². The van der Waals surface area contributed by atoms with Crippen LogP contribution in [0.2, 0.25) is 0 Å². The number of carbonyl (C=O) groups is 1. The van der Waals surface area contributed by atoms with E-state index in [1.807, 2.05) is 38.1 Å². The van der Waals surface area contributed by atoms with Crippen LogP contribution in [-0.2, 0) is 10.1 Å². The molecule has 2 bridgehead atoms. The molecule has 2 aliphatic rings. The molecule has 3 heterocycles. The Bertz CT molecular complexity index is 1240. The van der Waals surface area contributed by atoms with Crippen molar-refractivity contribution in [2.75, 3.05) is 12.3 Å². The Morgan fingerprint density at radius 2 is 1.65 bits per heavy atom. The molecule has 3 atom stereocenters. The zero-order valence-electron chi connectivity index (χ0n) is 22.1. The molecular weight excluding hydrogens is 490 g/mol. The van der Waals surface area contributed by atoms with Crippen LogP contribution in [0.3, 0.4) is 0 Å². The van der Waals surface area contributed by atoms with E-state index in [1.165, 1.54) is 0 Å². The van der Waals surface area contributed by atoms with Gasteiger partial charge in [0.15, 0.2) is 0 Å². The maximum absolute atomic E-state index is 13.3. The van der Waals surface area contributed by atoms with Gasteiger partial charge < -0.3 is 9.88 Å². The van der Waals surface area contributed by atoms with Crippen molar-refractivity contribution in [3.8, 4) is 0 Å². The predicted molar refractivity (Wildman–Crippen MR) is 147 cm³/mol. The molecule has 8 nitrogen and oxygen atoms in total. The number of aromatic nitrogens is 1. The minimum Gasteiger partial charge on any atom is -0.349 e. The Morgan fingerprint density at radius 1 is 1.03 bits per heavy atom. The highest BCUT2D eigenvalue weighted by atomic mass is 32.2. The third-order valence-corrected chi connectivity index (χ3v) is 8.80. The maximum atomic E-state index is 13.3. The summed E-state index contributed by atoms with van der Waals surface area (Å²) < 4.78 is 32.1. The average Bonchev–Trinajstić information content (AvgIpc) is 3.06. The molecule has 0 aliphatic carbocycles. The number of fused-ring (bicyclic) bond motifs is 3. The fourth-order valence-electron chi connectivity index (χ4n) is 6.27. The molecule has 2 aliphatic heterocycles. The van der Waals surface area contributed by atoms with Crippen LogP contribution >= 0.6 is 0 Å². The molecule has 2 saturated heterocycles. The number of hydrogen-bond acceptors (Lipinski definition) is 5. The first kappa shape index (κ1) is 27.8. The van der Waals surface area contributed by atoms with Gasteiger partial charge in [-0.25, -0.2) is 0 Å². The summed E-state index contributed by atoms with van der Waals surface area (Å²) in [6, 6.07) is 10.4. The lowest BCUT2D eigenvalue weighted by molar-refractivity contribution is 0.0839. The van der Waals surface area contributed by atoms with E-state index in [0.29, 0.717) is 18.5 Å². The molecule has 2 fully saturated rings. The van der Waals surface area contributed by atoms with Gasteiger partial charge in [0.25, 0.3) is 21.6 Å². The van der Waals surface area contributed by atoms with Gasteiger partial charge >= 0.3 is 0 Å². The third kappa shape index (κ3) is 7.00. The summed E-state index contributed by atoms with van der Waals surface area (Å²) >= 11 is 0. The quantitative estimate of drug-likeness (QED) is 0.308. The Kier molecular flexibility index (Phi) is 9.08. The number of hydrogen-bond donors (Lipinski definition) is 2. The zero-order chi connectivity index (χ0) is 26.6. The summed E-state index contributed by atoms with van der Waals surface area (Å²) in [7, 11) is -3.84. The van der Waals surface area contributed by atoms with E-state index in [0.717, 1.165) is 75.2 Å². The SMILES string of the molecule is CC(C)n1c(=O)c(C(=O)NC2C[C@H]3CC[C@@H](C2)N3CCCCCCCCS(=O)(=O)O)cc2ccccc21. The summed E-state index contributed by atoms with van der Waals surface area (Å²) in [6.07, 6.45) is 9.80. The molecule has 0 spiro atoms. The van der Waals surface area contributed by atoms with Crippen molar-refractivity contribution in [1.29, 1.82) is 0 Å². The van der Waals surface area contributed by atoms with E-state index >= 15 is 0 Å². The molecule has 9 heteroatoms. The summed E-state index contributed by atoms with van der Waals surface area (Å²) in [6.45, 7) is 4.99. The van der Waals surface area contributed by atoms with E-state index in [4.69, 9.17) is 4.55 Å². The monoisotopic (exact) mass is 531 g/mol. The fraction of sp³-hybridized carbons (Fsp3) is 0.643. The molecule has 2 N–H and O–H groups in total. The van der Waals surface area contributed by atoms with Gasteiger partial charge in [-0.05, 0) is 76.4 Å². The van der Waals surface area contributed by atoms with Crippen LogP contribution in [0.15, 0.2) is 35.1 Å². The third-order valence-electron chi connectivity index (χ3n) is 7.99. The molecule has 204 valence electrons. The number of nitrogens with zero attached hydrogens (tertiary/aromatic N) is 2.